The zero-order valence-electron chi connectivity index (χ0n) is 14.1. The zero-order chi connectivity index (χ0) is 18.8. The molecule has 3 N–H and O–H groups in total. The van der Waals surface area contributed by atoms with E-state index in [1.54, 1.807) is 31.3 Å². The summed E-state index contributed by atoms with van der Waals surface area (Å²) < 4.78 is 13.6. The summed E-state index contributed by atoms with van der Waals surface area (Å²) in [4.78, 5) is 30.3. The topological polar surface area (TPSA) is 86.9 Å². The highest BCUT2D eigenvalue weighted by Gasteiger charge is 2.13. The van der Waals surface area contributed by atoms with Gasteiger partial charge in [0, 0.05) is 35.8 Å². The summed E-state index contributed by atoms with van der Waals surface area (Å²) in [5.74, 6) is -0.279. The van der Waals surface area contributed by atoms with E-state index < -0.39 is 5.82 Å². The van der Waals surface area contributed by atoms with Crippen LogP contribution in [0.3, 0.4) is 0 Å². The second-order valence-corrected chi connectivity index (χ2v) is 6.29. The van der Waals surface area contributed by atoms with Crippen LogP contribution < -0.4 is 16.2 Å². The summed E-state index contributed by atoms with van der Waals surface area (Å²) in [5, 5.41) is 6.39. The number of pyridine rings is 2. The highest BCUT2D eigenvalue weighted by Crippen LogP contribution is 2.24. The fraction of sp³-hybridized carbons (Fsp3) is 0.167. The first kappa shape index (κ1) is 17.9. The van der Waals surface area contributed by atoms with Crippen LogP contribution in [0.2, 0.25) is 5.02 Å². The number of hydrogen-bond acceptors (Lipinski definition) is 4. The molecule has 6 nitrogen and oxygen atoms in total. The predicted octanol–water partition coefficient (Wildman–Crippen LogP) is 3.85. The number of halogens is 2. The number of carbonyl (C=O) groups excluding carboxylic acids is 1. The SMILES string of the molecule is CC(=O)Nc1ccnc(N[C@@H](C)c2cc3cc(Cl)c(F)cc3[nH]c2=O)c1. The molecule has 0 unspecified atom stereocenters. The molecule has 1 aromatic carbocycles. The Kier molecular flexibility index (Phi) is 4.90. The number of aromatic amines is 1. The number of amides is 1. The molecule has 3 aromatic rings. The van der Waals surface area contributed by atoms with Crippen LogP contribution in [-0.4, -0.2) is 15.9 Å². The van der Waals surface area contributed by atoms with Crippen molar-refractivity contribution >= 4 is 39.9 Å². The second-order valence-electron chi connectivity index (χ2n) is 5.88. The van der Waals surface area contributed by atoms with Gasteiger partial charge in [-0.3, -0.25) is 9.59 Å². The van der Waals surface area contributed by atoms with E-state index in [0.29, 0.717) is 28.0 Å². The monoisotopic (exact) mass is 374 g/mol. The van der Waals surface area contributed by atoms with Gasteiger partial charge in [-0.1, -0.05) is 11.6 Å². The summed E-state index contributed by atoms with van der Waals surface area (Å²) in [7, 11) is 0. The maximum atomic E-state index is 13.6. The first-order valence-electron chi connectivity index (χ1n) is 7.85. The van der Waals surface area contributed by atoms with Gasteiger partial charge in [0.05, 0.1) is 16.6 Å². The Labute approximate surface area is 153 Å². The van der Waals surface area contributed by atoms with Crippen molar-refractivity contribution in [1.82, 2.24) is 9.97 Å². The van der Waals surface area contributed by atoms with Gasteiger partial charge >= 0.3 is 0 Å². The minimum atomic E-state index is -0.590. The lowest BCUT2D eigenvalue weighted by molar-refractivity contribution is -0.114. The standard InChI is InChI=1S/C18H16ClFN4O2/c1-9(22-17-7-12(3-4-21-17)23-10(2)25)13-5-11-6-14(19)15(20)8-16(11)24-18(13)26/h3-9H,1-2H3,(H,24,26)(H2,21,22,23,25)/t9-/m0/s1. The van der Waals surface area contributed by atoms with Crippen molar-refractivity contribution in [2.24, 2.45) is 0 Å². The maximum absolute atomic E-state index is 13.6. The number of H-pyrrole nitrogens is 1. The highest BCUT2D eigenvalue weighted by molar-refractivity contribution is 6.31. The average molecular weight is 375 g/mol. The van der Waals surface area contributed by atoms with Crippen molar-refractivity contribution < 1.29 is 9.18 Å². The molecule has 8 heteroatoms. The Morgan fingerprint density at radius 1 is 1.31 bits per heavy atom. The largest absolute Gasteiger partial charge is 0.363 e. The van der Waals surface area contributed by atoms with Gasteiger partial charge in [0.15, 0.2) is 0 Å². The first-order chi connectivity index (χ1) is 12.3. The van der Waals surface area contributed by atoms with Gasteiger partial charge in [0.2, 0.25) is 5.91 Å². The van der Waals surface area contributed by atoms with Crippen LogP contribution in [0, 0.1) is 5.82 Å². The molecule has 0 saturated carbocycles. The van der Waals surface area contributed by atoms with Crippen molar-refractivity contribution in [3.63, 3.8) is 0 Å². The molecule has 0 radical (unpaired) electrons. The Morgan fingerprint density at radius 3 is 2.81 bits per heavy atom. The Bertz CT molecular complexity index is 1050. The molecule has 2 heterocycles. The van der Waals surface area contributed by atoms with E-state index in [4.69, 9.17) is 11.6 Å². The van der Waals surface area contributed by atoms with Gasteiger partial charge in [-0.25, -0.2) is 9.37 Å². The number of nitrogens with zero attached hydrogens (tertiary/aromatic N) is 1. The molecule has 0 bridgehead atoms. The lowest BCUT2D eigenvalue weighted by Crippen LogP contribution is -2.20. The third-order valence-corrected chi connectivity index (χ3v) is 4.11. The van der Waals surface area contributed by atoms with Crippen molar-refractivity contribution in [2.75, 3.05) is 10.6 Å². The molecule has 0 saturated heterocycles. The zero-order valence-corrected chi connectivity index (χ0v) is 14.8. The number of aromatic nitrogens is 2. The number of nitrogens with one attached hydrogen (secondary N) is 3. The van der Waals surface area contributed by atoms with Gasteiger partial charge in [-0.2, -0.15) is 0 Å². The summed E-state index contributed by atoms with van der Waals surface area (Å²) >= 11 is 5.82. The predicted molar refractivity (Wildman–Crippen MR) is 100 cm³/mol. The minimum Gasteiger partial charge on any atom is -0.363 e. The lowest BCUT2D eigenvalue weighted by Gasteiger charge is -2.15. The molecule has 0 aliphatic heterocycles. The quantitative estimate of drug-likeness (QED) is 0.647. The van der Waals surface area contributed by atoms with Crippen molar-refractivity contribution in [3.05, 3.63) is 63.3 Å². The Morgan fingerprint density at radius 2 is 2.08 bits per heavy atom. The molecular weight excluding hydrogens is 359 g/mol. The van der Waals surface area contributed by atoms with Gasteiger partial charge in [0.1, 0.15) is 11.6 Å². The second kappa shape index (κ2) is 7.13. The van der Waals surface area contributed by atoms with E-state index in [0.717, 1.165) is 0 Å². The van der Waals surface area contributed by atoms with Gasteiger partial charge in [-0.05, 0) is 31.2 Å². The van der Waals surface area contributed by atoms with Gasteiger partial charge < -0.3 is 15.6 Å². The van der Waals surface area contributed by atoms with E-state index in [1.165, 1.54) is 19.1 Å². The van der Waals surface area contributed by atoms with Crippen LogP contribution in [0.1, 0.15) is 25.5 Å². The number of hydrogen-bond donors (Lipinski definition) is 3. The van der Waals surface area contributed by atoms with E-state index >= 15 is 0 Å². The third-order valence-electron chi connectivity index (χ3n) is 3.83. The summed E-state index contributed by atoms with van der Waals surface area (Å²) in [6.45, 7) is 3.22. The summed E-state index contributed by atoms with van der Waals surface area (Å²) in [5.41, 5.74) is 1.08. The van der Waals surface area contributed by atoms with E-state index in [2.05, 4.69) is 20.6 Å². The van der Waals surface area contributed by atoms with Crippen molar-refractivity contribution in [1.29, 1.82) is 0 Å². The molecule has 0 fully saturated rings. The average Bonchev–Trinajstić information content (AvgIpc) is 2.55. The van der Waals surface area contributed by atoms with Gasteiger partial charge in [0.25, 0.3) is 5.56 Å². The van der Waals surface area contributed by atoms with Crippen LogP contribution in [0.4, 0.5) is 15.9 Å². The number of anilines is 2. The molecule has 3 rings (SSSR count). The summed E-state index contributed by atoms with van der Waals surface area (Å²) in [6, 6.07) is 7.27. The Hall–Kier alpha value is -2.93. The molecule has 134 valence electrons. The number of fused-ring (bicyclic) bond motifs is 1. The number of carbonyl (C=O) groups is 1. The van der Waals surface area contributed by atoms with Crippen LogP contribution in [-0.2, 0) is 4.79 Å². The maximum Gasteiger partial charge on any atom is 0.253 e. The van der Waals surface area contributed by atoms with E-state index in [1.807, 2.05) is 0 Å². The molecule has 0 spiro atoms. The van der Waals surface area contributed by atoms with Crippen LogP contribution in [0.25, 0.3) is 10.9 Å². The first-order valence-corrected chi connectivity index (χ1v) is 8.23. The van der Waals surface area contributed by atoms with Crippen molar-refractivity contribution in [3.8, 4) is 0 Å². The molecule has 0 aliphatic carbocycles. The molecular formula is C18H16ClFN4O2. The smallest absolute Gasteiger partial charge is 0.253 e. The molecule has 1 atom stereocenters. The molecule has 1 amide bonds. The highest BCUT2D eigenvalue weighted by atomic mass is 35.5. The van der Waals surface area contributed by atoms with Crippen LogP contribution in [0.5, 0.6) is 0 Å². The molecule has 2 aromatic heterocycles. The molecule has 26 heavy (non-hydrogen) atoms. The fourth-order valence-corrected chi connectivity index (χ4v) is 2.80. The minimum absolute atomic E-state index is 0.0132. The lowest BCUT2D eigenvalue weighted by atomic mass is 10.1. The van der Waals surface area contributed by atoms with Crippen molar-refractivity contribution in [2.45, 2.75) is 19.9 Å². The van der Waals surface area contributed by atoms with Gasteiger partial charge in [-0.15, -0.1) is 0 Å². The Balaban J connectivity index is 1.91. The third kappa shape index (κ3) is 3.83. The number of rotatable bonds is 4. The van der Waals surface area contributed by atoms with E-state index in [9.17, 15) is 14.0 Å². The summed E-state index contributed by atoms with van der Waals surface area (Å²) in [6.07, 6.45) is 1.55. The number of benzene rings is 1. The molecule has 0 aliphatic rings. The normalized spacial score (nSPS) is 12.0. The fourth-order valence-electron chi connectivity index (χ4n) is 2.63. The van der Waals surface area contributed by atoms with Crippen LogP contribution in [0.15, 0.2) is 41.3 Å². The van der Waals surface area contributed by atoms with E-state index in [-0.39, 0.29) is 22.5 Å². The van der Waals surface area contributed by atoms with Crippen LogP contribution >= 0.6 is 11.6 Å².